The highest BCUT2D eigenvalue weighted by molar-refractivity contribution is 5.79. The maximum atomic E-state index is 5.71. The third-order valence-electron chi connectivity index (χ3n) is 4.36. The van der Waals surface area contributed by atoms with Crippen LogP contribution in [-0.2, 0) is 6.54 Å². The van der Waals surface area contributed by atoms with Gasteiger partial charge >= 0.3 is 0 Å². The minimum atomic E-state index is 0.513. The molecule has 0 amide bonds. The molecule has 0 spiro atoms. The Balaban J connectivity index is 1.42. The minimum absolute atomic E-state index is 0.513. The zero-order valence-corrected chi connectivity index (χ0v) is 17.5. The Hall–Kier alpha value is -3.68. The van der Waals surface area contributed by atoms with Crippen LogP contribution >= 0.6 is 0 Å². The number of guanidine groups is 1. The molecule has 0 aliphatic heterocycles. The predicted octanol–water partition coefficient (Wildman–Crippen LogP) is 2.63. The fourth-order valence-corrected chi connectivity index (χ4v) is 2.74. The molecule has 0 bridgehead atoms. The SMILES string of the molecule is CN=C(NCCOc1ccc(OC)cc1)NCc1ccn(-c2ccc(OC)cc2)n1. The van der Waals surface area contributed by atoms with Crippen LogP contribution in [0, 0.1) is 0 Å². The molecule has 0 atom stereocenters. The first kappa shape index (κ1) is 21.0. The van der Waals surface area contributed by atoms with Crippen LogP contribution in [-0.4, -0.2) is 50.2 Å². The number of hydrogen-bond acceptors (Lipinski definition) is 5. The maximum Gasteiger partial charge on any atom is 0.191 e. The fraction of sp³-hybridized carbons (Fsp3) is 0.273. The quantitative estimate of drug-likeness (QED) is 0.321. The van der Waals surface area contributed by atoms with Gasteiger partial charge in [0.15, 0.2) is 5.96 Å². The number of benzene rings is 2. The third kappa shape index (κ3) is 5.91. The normalized spacial score (nSPS) is 11.1. The largest absolute Gasteiger partial charge is 0.497 e. The van der Waals surface area contributed by atoms with Crippen LogP contribution in [0.5, 0.6) is 17.2 Å². The van der Waals surface area contributed by atoms with Crippen molar-refractivity contribution < 1.29 is 14.2 Å². The molecule has 3 rings (SSSR count). The highest BCUT2D eigenvalue weighted by Gasteiger charge is 2.04. The summed E-state index contributed by atoms with van der Waals surface area (Å²) in [6.07, 6.45) is 1.93. The average Bonchev–Trinajstić information content (AvgIpc) is 3.28. The second-order valence-electron chi connectivity index (χ2n) is 6.33. The summed E-state index contributed by atoms with van der Waals surface area (Å²) in [4.78, 5) is 4.23. The Labute approximate surface area is 176 Å². The van der Waals surface area contributed by atoms with Gasteiger partial charge in [-0.25, -0.2) is 4.68 Å². The molecule has 30 heavy (non-hydrogen) atoms. The average molecular weight is 409 g/mol. The lowest BCUT2D eigenvalue weighted by Crippen LogP contribution is -2.39. The molecule has 0 fully saturated rings. The smallest absolute Gasteiger partial charge is 0.191 e. The number of methoxy groups -OCH3 is 2. The van der Waals surface area contributed by atoms with E-state index in [1.165, 1.54) is 0 Å². The first-order chi connectivity index (χ1) is 14.7. The molecule has 2 aromatic carbocycles. The third-order valence-corrected chi connectivity index (χ3v) is 4.36. The minimum Gasteiger partial charge on any atom is -0.497 e. The van der Waals surface area contributed by atoms with Gasteiger partial charge < -0.3 is 24.8 Å². The van der Waals surface area contributed by atoms with Crippen LogP contribution in [0.3, 0.4) is 0 Å². The van der Waals surface area contributed by atoms with Crippen LogP contribution in [0.15, 0.2) is 65.8 Å². The first-order valence-electron chi connectivity index (χ1n) is 9.62. The Morgan fingerprint density at radius 3 is 2.17 bits per heavy atom. The summed E-state index contributed by atoms with van der Waals surface area (Å²) < 4.78 is 17.9. The lowest BCUT2D eigenvalue weighted by Gasteiger charge is -2.12. The van der Waals surface area contributed by atoms with Crippen LogP contribution in [0.1, 0.15) is 5.69 Å². The lowest BCUT2D eigenvalue weighted by atomic mass is 10.3. The van der Waals surface area contributed by atoms with Crippen molar-refractivity contribution >= 4 is 5.96 Å². The van der Waals surface area contributed by atoms with Gasteiger partial charge in [0.1, 0.15) is 23.9 Å². The van der Waals surface area contributed by atoms with Crippen molar-refractivity contribution in [2.75, 3.05) is 34.4 Å². The number of nitrogens with zero attached hydrogens (tertiary/aromatic N) is 3. The molecule has 1 heterocycles. The van der Waals surface area contributed by atoms with Gasteiger partial charge in [-0.15, -0.1) is 0 Å². The van der Waals surface area contributed by atoms with Gasteiger partial charge in [-0.05, 0) is 54.6 Å². The molecular weight excluding hydrogens is 382 g/mol. The summed E-state index contributed by atoms with van der Waals surface area (Å²) in [7, 11) is 5.02. The van der Waals surface area contributed by atoms with E-state index in [0.29, 0.717) is 25.7 Å². The second kappa shape index (κ2) is 10.8. The monoisotopic (exact) mass is 409 g/mol. The van der Waals surface area contributed by atoms with E-state index in [-0.39, 0.29) is 0 Å². The Morgan fingerprint density at radius 1 is 0.900 bits per heavy atom. The van der Waals surface area contributed by atoms with Crippen molar-refractivity contribution in [2.24, 2.45) is 4.99 Å². The Kier molecular flexibility index (Phi) is 7.54. The molecule has 0 aliphatic carbocycles. The summed E-state index contributed by atoms with van der Waals surface area (Å²) in [5, 5.41) is 11.1. The van der Waals surface area contributed by atoms with Gasteiger partial charge in [-0.1, -0.05) is 0 Å². The predicted molar refractivity (Wildman–Crippen MR) is 117 cm³/mol. The zero-order valence-electron chi connectivity index (χ0n) is 17.5. The van der Waals surface area contributed by atoms with Crippen LogP contribution in [0.2, 0.25) is 0 Å². The maximum absolute atomic E-state index is 5.71. The van der Waals surface area contributed by atoms with Crippen LogP contribution in [0.25, 0.3) is 5.69 Å². The van der Waals surface area contributed by atoms with E-state index in [2.05, 4.69) is 20.7 Å². The van der Waals surface area contributed by atoms with Crippen molar-refractivity contribution in [2.45, 2.75) is 6.54 Å². The van der Waals surface area contributed by atoms with Crippen LogP contribution in [0.4, 0.5) is 0 Å². The Bertz CT molecular complexity index is 936. The molecule has 3 aromatic rings. The van der Waals surface area contributed by atoms with E-state index in [1.807, 2.05) is 65.5 Å². The van der Waals surface area contributed by atoms with E-state index in [9.17, 15) is 0 Å². The number of aromatic nitrogens is 2. The number of rotatable bonds is 9. The molecule has 1 aromatic heterocycles. The fourth-order valence-electron chi connectivity index (χ4n) is 2.74. The van der Waals surface area contributed by atoms with E-state index in [1.54, 1.807) is 21.3 Å². The zero-order chi connectivity index (χ0) is 21.2. The van der Waals surface area contributed by atoms with Crippen molar-refractivity contribution in [3.05, 3.63) is 66.5 Å². The second-order valence-corrected chi connectivity index (χ2v) is 6.33. The van der Waals surface area contributed by atoms with Gasteiger partial charge in [0.25, 0.3) is 0 Å². The summed E-state index contributed by atoms with van der Waals surface area (Å²) in [6.45, 7) is 1.69. The highest BCUT2D eigenvalue weighted by atomic mass is 16.5. The van der Waals surface area contributed by atoms with E-state index < -0.39 is 0 Å². The summed E-state index contributed by atoms with van der Waals surface area (Å²) >= 11 is 0. The lowest BCUT2D eigenvalue weighted by molar-refractivity contribution is 0.321. The number of hydrogen-bond donors (Lipinski definition) is 2. The molecule has 0 saturated carbocycles. The van der Waals surface area contributed by atoms with E-state index in [0.717, 1.165) is 28.6 Å². The number of ether oxygens (including phenoxy) is 3. The molecule has 0 aliphatic rings. The van der Waals surface area contributed by atoms with Gasteiger partial charge in [-0.3, -0.25) is 4.99 Å². The van der Waals surface area contributed by atoms with Crippen LogP contribution < -0.4 is 24.8 Å². The van der Waals surface area contributed by atoms with E-state index >= 15 is 0 Å². The molecule has 8 heteroatoms. The molecule has 0 radical (unpaired) electrons. The topological polar surface area (TPSA) is 81.9 Å². The number of nitrogens with one attached hydrogen (secondary N) is 2. The van der Waals surface area contributed by atoms with Crippen molar-refractivity contribution in [1.82, 2.24) is 20.4 Å². The standard InChI is InChI=1S/C22H27N5O3/c1-23-22(24-13-15-30-21-10-8-20(29-3)9-11-21)25-16-17-12-14-27(26-17)18-4-6-19(28-2)7-5-18/h4-12,14H,13,15-16H2,1-3H3,(H2,23,24,25). The van der Waals surface area contributed by atoms with Gasteiger partial charge in [0, 0.05) is 13.2 Å². The highest BCUT2D eigenvalue weighted by Crippen LogP contribution is 2.17. The molecule has 8 nitrogen and oxygen atoms in total. The molecule has 2 N–H and O–H groups in total. The summed E-state index contributed by atoms with van der Waals surface area (Å²) in [5.41, 5.74) is 1.88. The molecule has 158 valence electrons. The van der Waals surface area contributed by atoms with Crippen molar-refractivity contribution in [3.63, 3.8) is 0 Å². The van der Waals surface area contributed by atoms with Gasteiger partial charge in [0.05, 0.1) is 38.7 Å². The summed E-state index contributed by atoms with van der Waals surface area (Å²) in [5.74, 6) is 3.11. The van der Waals surface area contributed by atoms with Gasteiger partial charge in [-0.2, -0.15) is 5.10 Å². The summed E-state index contributed by atoms with van der Waals surface area (Å²) in [6, 6.07) is 17.2. The molecule has 0 unspecified atom stereocenters. The molecular formula is C22H27N5O3. The Morgan fingerprint density at radius 2 is 1.53 bits per heavy atom. The van der Waals surface area contributed by atoms with E-state index in [4.69, 9.17) is 14.2 Å². The first-order valence-corrected chi connectivity index (χ1v) is 9.62. The molecule has 0 saturated heterocycles. The number of aliphatic imine (C=N–C) groups is 1. The van der Waals surface area contributed by atoms with Crippen molar-refractivity contribution in [3.8, 4) is 22.9 Å². The van der Waals surface area contributed by atoms with Gasteiger partial charge in [0.2, 0.25) is 0 Å². The van der Waals surface area contributed by atoms with Crippen molar-refractivity contribution in [1.29, 1.82) is 0 Å².